The normalized spacial score (nSPS) is 26.3. The second-order valence-electron chi connectivity index (χ2n) is 14.2. The average Bonchev–Trinajstić information content (AvgIpc) is 3.63. The van der Waals surface area contributed by atoms with Gasteiger partial charge < -0.3 is 4.74 Å². The first-order valence-corrected chi connectivity index (χ1v) is 19.6. The second kappa shape index (κ2) is 15.6. The van der Waals surface area contributed by atoms with Gasteiger partial charge in [-0.2, -0.15) is 0 Å². The molecule has 2 saturated heterocycles. The van der Waals surface area contributed by atoms with Gasteiger partial charge in [0.25, 0.3) is 0 Å². The summed E-state index contributed by atoms with van der Waals surface area (Å²) in [6, 6.07) is 8.26. The summed E-state index contributed by atoms with van der Waals surface area (Å²) in [5.41, 5.74) is 4.45. The molecular weight excluding hydrogens is 691 g/mol. The molecule has 1 aromatic carbocycles. The Labute approximate surface area is 286 Å². The summed E-state index contributed by atoms with van der Waals surface area (Å²) >= 11 is -0.0772. The number of benzene rings is 1. The first-order valence-electron chi connectivity index (χ1n) is 17.1. The molecule has 3 heterocycles. The van der Waals surface area contributed by atoms with Gasteiger partial charge in [0.05, 0.1) is 12.4 Å². The molecule has 2 fully saturated rings. The van der Waals surface area contributed by atoms with Crippen molar-refractivity contribution in [1.82, 2.24) is 4.90 Å². The zero-order chi connectivity index (χ0) is 32.8. The predicted molar refractivity (Wildman–Crippen MR) is 180 cm³/mol. The van der Waals surface area contributed by atoms with Crippen molar-refractivity contribution >= 4 is 23.8 Å². The van der Waals surface area contributed by atoms with Gasteiger partial charge in [-0.05, 0) is 24.8 Å². The summed E-state index contributed by atoms with van der Waals surface area (Å²) in [6.45, 7) is 6.52. The van der Waals surface area contributed by atoms with Crippen LogP contribution in [0.2, 0.25) is 0 Å². The Balaban J connectivity index is 1.40. The number of unbranched alkanes of at least 4 members (excludes halogenated alkanes) is 1. The van der Waals surface area contributed by atoms with E-state index in [9.17, 15) is 14.7 Å². The fourth-order valence-corrected chi connectivity index (χ4v) is 9.15. The van der Waals surface area contributed by atoms with Crippen LogP contribution in [0.25, 0.3) is 0 Å². The molecular formula is C37H53IN4O4. The number of halogens is 1. The molecule has 0 bridgehead atoms. The molecule has 5 rings (SSSR count). The van der Waals surface area contributed by atoms with Crippen LogP contribution in [0.3, 0.4) is 0 Å². The number of carboxylic acid groups (broad SMARTS) is 1. The number of carbonyl (C=O) groups is 2. The maximum absolute atomic E-state index is 14.3. The van der Waals surface area contributed by atoms with Crippen LogP contribution >= 0.6 is 0 Å². The Morgan fingerprint density at radius 2 is 2.04 bits per heavy atom. The number of amides is 1. The maximum atomic E-state index is 14.3. The number of hydrogen-bond acceptors (Lipinski definition) is 5. The van der Waals surface area contributed by atoms with Crippen LogP contribution in [0.15, 0.2) is 64.5 Å². The van der Waals surface area contributed by atoms with Gasteiger partial charge in [-0.3, -0.25) is 4.99 Å². The number of carbonyl (C=O) groups excluding carboxylic acids is 1. The molecule has 0 radical (unpaired) electrons. The molecule has 5 atom stereocenters. The molecule has 1 amide bonds. The minimum absolute atomic E-state index is 0.0502. The van der Waals surface area contributed by atoms with Gasteiger partial charge in [0.2, 0.25) is 0 Å². The molecule has 0 spiro atoms. The first-order chi connectivity index (χ1) is 22.0. The summed E-state index contributed by atoms with van der Waals surface area (Å²) in [5.74, 6) is 0.375. The van der Waals surface area contributed by atoms with Crippen molar-refractivity contribution < 1.29 is 43.6 Å². The fraction of sp³-hybridized carbons (Fsp3) is 0.595. The number of likely N-dealkylation sites (tertiary alicyclic amines) is 1. The van der Waals surface area contributed by atoms with Crippen molar-refractivity contribution in [2.75, 3.05) is 52.3 Å². The van der Waals surface area contributed by atoms with Crippen LogP contribution in [0, 0.1) is 23.7 Å². The summed E-state index contributed by atoms with van der Waals surface area (Å²) in [4.78, 5) is 36.2. The van der Waals surface area contributed by atoms with Gasteiger partial charge in [0.1, 0.15) is 0 Å². The SMILES string of the molecule is CCCCN(C(=O)CN1C[C@H](C2=CC=C3OCCC3C2)[C@@H](C(=O)O)[C@@H]1CCC1=CC(C)CC=N1)c1cccc(C[I-][N+](C)(C)C)c1. The van der Waals surface area contributed by atoms with Crippen molar-refractivity contribution in [2.24, 2.45) is 28.7 Å². The number of hydrogen-bond donors (Lipinski definition) is 1. The Morgan fingerprint density at radius 1 is 1.22 bits per heavy atom. The molecule has 1 N–H and O–H groups in total. The molecule has 8 nitrogen and oxygen atoms in total. The third-order valence-electron chi connectivity index (χ3n) is 9.67. The molecule has 46 heavy (non-hydrogen) atoms. The van der Waals surface area contributed by atoms with E-state index in [2.05, 4.69) is 87.4 Å². The van der Waals surface area contributed by atoms with Gasteiger partial charge >= 0.3 is 216 Å². The van der Waals surface area contributed by atoms with Crippen molar-refractivity contribution in [2.45, 2.75) is 69.3 Å². The van der Waals surface area contributed by atoms with Gasteiger partial charge in [-0.1, -0.05) is 13.0 Å². The molecule has 1 aromatic rings. The summed E-state index contributed by atoms with van der Waals surface area (Å²) in [6.07, 6.45) is 14.4. The van der Waals surface area contributed by atoms with Crippen molar-refractivity contribution in [3.63, 3.8) is 0 Å². The fourth-order valence-electron chi connectivity index (χ4n) is 7.26. The summed E-state index contributed by atoms with van der Waals surface area (Å²) in [5, 5.41) is 10.7. The molecule has 1 aliphatic carbocycles. The summed E-state index contributed by atoms with van der Waals surface area (Å²) < 4.78 is 7.86. The van der Waals surface area contributed by atoms with E-state index in [0.717, 1.165) is 63.0 Å². The number of rotatable bonds is 14. The topological polar surface area (TPSA) is 82.4 Å². The molecule has 2 unspecified atom stereocenters. The number of aliphatic imine (C=N–C) groups is 1. The number of quaternary nitrogens is 1. The third kappa shape index (κ3) is 8.89. The predicted octanol–water partition coefficient (Wildman–Crippen LogP) is 3.06. The van der Waals surface area contributed by atoms with Crippen LogP contribution in [-0.4, -0.2) is 84.2 Å². The van der Waals surface area contributed by atoms with Gasteiger partial charge in [0.15, 0.2) is 0 Å². The molecule has 3 aliphatic heterocycles. The van der Waals surface area contributed by atoms with Crippen LogP contribution in [0.4, 0.5) is 5.69 Å². The van der Waals surface area contributed by atoms with Crippen LogP contribution in [0.5, 0.6) is 0 Å². The number of allylic oxidation sites excluding steroid dienone is 5. The van der Waals surface area contributed by atoms with E-state index in [0.29, 0.717) is 37.8 Å². The second-order valence-corrected chi connectivity index (χ2v) is 18.5. The minimum atomic E-state index is -0.770. The average molecular weight is 745 g/mol. The van der Waals surface area contributed by atoms with Crippen LogP contribution in [-0.2, 0) is 18.8 Å². The van der Waals surface area contributed by atoms with Crippen LogP contribution in [0.1, 0.15) is 64.4 Å². The van der Waals surface area contributed by atoms with Crippen molar-refractivity contribution in [3.05, 3.63) is 65.1 Å². The van der Waals surface area contributed by atoms with E-state index in [-0.39, 0.29) is 45.9 Å². The van der Waals surface area contributed by atoms with Crippen molar-refractivity contribution in [1.29, 1.82) is 0 Å². The van der Waals surface area contributed by atoms with Gasteiger partial charge in [-0.25, -0.2) is 0 Å². The third-order valence-corrected chi connectivity index (χ3v) is 12.9. The summed E-state index contributed by atoms with van der Waals surface area (Å²) in [7, 11) is 6.74. The molecule has 0 aromatic heterocycles. The monoisotopic (exact) mass is 744 g/mol. The number of alkyl halides is 1. The number of aliphatic carboxylic acids is 1. The number of ether oxygens (including phenoxy) is 1. The van der Waals surface area contributed by atoms with E-state index in [1.165, 1.54) is 11.1 Å². The first kappa shape index (κ1) is 34.8. The zero-order valence-corrected chi connectivity index (χ0v) is 30.5. The number of fused-ring (bicyclic) bond motifs is 1. The van der Waals surface area contributed by atoms with Crippen LogP contribution < -0.4 is 26.4 Å². The molecule has 252 valence electrons. The van der Waals surface area contributed by atoms with E-state index < -0.39 is 11.9 Å². The Hall–Kier alpha value is -2.50. The van der Waals surface area contributed by atoms with E-state index in [1.807, 2.05) is 11.1 Å². The standard InChI is InChI=1S/C37H53IN4O4/c1-6-7-18-41(31-10-8-9-27(21-31)23-38-42(3,4)5)35(43)25-40-24-32(28-11-14-34-29(22-28)16-19-46-34)36(37(44)45)33(40)13-12-30-20-26(2)15-17-39-30/h8-11,14,17,20-21,26,29,32-33,36H,6-7,12-13,15-16,18-19,22-25H2,1-5H3,(H,44,45)/t26?,29?,32-,33+,36-/m1/s1. The van der Waals surface area contributed by atoms with E-state index in [1.54, 1.807) is 0 Å². The molecule has 9 heteroatoms. The quantitative estimate of drug-likeness (QED) is 0.180. The Bertz CT molecular complexity index is 1380. The number of carboxylic acids is 1. The molecule has 4 aliphatic rings. The van der Waals surface area contributed by atoms with Gasteiger partial charge in [-0.15, -0.1) is 0 Å². The Morgan fingerprint density at radius 3 is 2.78 bits per heavy atom. The van der Waals surface area contributed by atoms with E-state index >= 15 is 0 Å². The number of anilines is 1. The van der Waals surface area contributed by atoms with Gasteiger partial charge in [0, 0.05) is 12.1 Å². The Kier molecular flexibility index (Phi) is 11.8. The zero-order valence-electron chi connectivity index (χ0n) is 28.3. The number of nitrogens with zero attached hydrogens (tertiary/aromatic N) is 4. The molecule has 0 saturated carbocycles. The van der Waals surface area contributed by atoms with Crippen molar-refractivity contribution in [3.8, 4) is 0 Å². The van der Waals surface area contributed by atoms with E-state index in [4.69, 9.17) is 4.74 Å².